The minimum atomic E-state index is -0.349. The van der Waals surface area contributed by atoms with Crippen molar-refractivity contribution in [3.05, 3.63) is 85.1 Å². The molecule has 2 N–H and O–H groups in total. The van der Waals surface area contributed by atoms with Crippen molar-refractivity contribution in [1.29, 1.82) is 0 Å². The van der Waals surface area contributed by atoms with E-state index in [9.17, 15) is 10.2 Å². The number of aliphatic hydroxyl groups is 2. The Hall–Kier alpha value is -2.30. The predicted octanol–water partition coefficient (Wildman–Crippen LogP) is 10.9. The minimum absolute atomic E-state index is 0. The number of hydrogen-bond donors (Lipinski definition) is 2. The molecule has 2 fully saturated rings. The number of fused-ring (bicyclic) bond motifs is 2. The summed E-state index contributed by atoms with van der Waals surface area (Å²) in [6.07, 6.45) is 8.20. The van der Waals surface area contributed by atoms with E-state index in [-0.39, 0.29) is 38.2 Å². The molecule has 1 radical (unpaired) electrons. The first-order valence-electron chi connectivity index (χ1n) is 19.4. The van der Waals surface area contributed by atoms with E-state index in [4.69, 9.17) is 0 Å². The van der Waals surface area contributed by atoms with Gasteiger partial charge in [-0.1, -0.05) is 111 Å². The summed E-state index contributed by atoms with van der Waals surface area (Å²) in [4.78, 5) is 4.48. The number of para-hydroxylation sites is 2. The zero-order valence-electron chi connectivity index (χ0n) is 31.8. The van der Waals surface area contributed by atoms with Crippen LogP contribution in [0.15, 0.2) is 79.0 Å². The van der Waals surface area contributed by atoms with Crippen LogP contribution in [0.25, 0.3) is 28.0 Å². The van der Waals surface area contributed by atoms with Gasteiger partial charge < -0.3 is 19.8 Å². The molecule has 6 rings (SSSR count). The molecule has 2 saturated carbocycles. The Balaban J connectivity index is 0.000000227. The number of aliphatic hydroxyl groups excluding tert-OH is 2. The largest absolute Gasteiger partial charge is 0.392 e. The summed E-state index contributed by atoms with van der Waals surface area (Å²) in [6.45, 7) is 18.6. The predicted molar refractivity (Wildman–Crippen MR) is 205 cm³/mol. The van der Waals surface area contributed by atoms with Gasteiger partial charge in [-0.25, -0.2) is 0 Å². The second kappa shape index (κ2) is 18.5. The van der Waals surface area contributed by atoms with Gasteiger partial charge in [-0.05, 0) is 108 Å². The van der Waals surface area contributed by atoms with Crippen LogP contribution in [0, 0.1) is 65.2 Å². The molecule has 5 heteroatoms. The molecule has 2 aliphatic carbocycles. The van der Waals surface area contributed by atoms with Crippen molar-refractivity contribution in [3.63, 3.8) is 0 Å². The van der Waals surface area contributed by atoms with Gasteiger partial charge in [-0.2, -0.15) is 0 Å². The summed E-state index contributed by atoms with van der Waals surface area (Å²) >= 11 is 0. The third kappa shape index (κ3) is 9.00. The van der Waals surface area contributed by atoms with Crippen LogP contribution < -0.4 is 0 Å². The molecule has 0 bridgehead atoms. The zero-order chi connectivity index (χ0) is 35.2. The molecular weight excluding hydrogens is 793 g/mol. The molecule has 2 aliphatic rings. The number of rotatable bonds is 8. The Kier molecular flexibility index (Phi) is 14.9. The SMILES string of the molecule is CC(C)C(C(C)C)[C@@H]1CCCC2CCC[C@H](C(C(C)C)C(C)C)C(O)C2C1O.[Ir].[c-]1c(-c2ccccn2)n(-c2ccccc2)c2ccccc12. The fourth-order valence-electron chi connectivity index (χ4n) is 10.4. The topological polar surface area (TPSA) is 58.3 Å². The standard InChI is InChI=1S/C26H50O2.C19H13N2.Ir/c1-15(2)22(16(3)4)20-13-9-11-19-12-10-14-21(23(17(5)6)18(7)8)26(28)24(19)25(20)27;1-2-9-16(10-3-1)21-18-12-5-4-8-15(18)14-19(21)17-11-6-7-13-20-17;/h15-28H,9-14H2,1-8H3;1-13H;/q;-1;/t19?,20-,21+,24?,25?,26?;;. The first-order chi connectivity index (χ1) is 23.5. The maximum atomic E-state index is 11.7. The van der Waals surface area contributed by atoms with Gasteiger partial charge in [-0.3, -0.25) is 0 Å². The summed E-state index contributed by atoms with van der Waals surface area (Å²) < 4.78 is 2.21. The molecule has 6 atom stereocenters. The van der Waals surface area contributed by atoms with Crippen molar-refractivity contribution >= 4 is 10.9 Å². The molecule has 4 aromatic rings. The van der Waals surface area contributed by atoms with E-state index in [0.717, 1.165) is 40.8 Å². The monoisotopic (exact) mass is 856 g/mol. The number of pyridine rings is 1. The first kappa shape index (κ1) is 40.5. The summed E-state index contributed by atoms with van der Waals surface area (Å²) in [5, 5.41) is 24.5. The van der Waals surface area contributed by atoms with E-state index in [2.05, 4.69) is 101 Å². The van der Waals surface area contributed by atoms with Gasteiger partial charge in [0.2, 0.25) is 0 Å². The second-order valence-electron chi connectivity index (χ2n) is 16.5. The summed E-state index contributed by atoms with van der Waals surface area (Å²) in [6, 6.07) is 28.1. The third-order valence-electron chi connectivity index (χ3n) is 12.0. The van der Waals surface area contributed by atoms with Gasteiger partial charge >= 0.3 is 0 Å². The molecule has 2 heterocycles. The Labute approximate surface area is 316 Å². The Morgan fingerprint density at radius 2 is 1.14 bits per heavy atom. The van der Waals surface area contributed by atoms with Crippen molar-refractivity contribution in [2.75, 3.05) is 0 Å². The second-order valence-corrected chi connectivity index (χ2v) is 16.5. The molecule has 4 nitrogen and oxygen atoms in total. The van der Waals surface area contributed by atoms with Crippen molar-refractivity contribution in [2.24, 2.45) is 59.2 Å². The summed E-state index contributed by atoms with van der Waals surface area (Å²) in [5.41, 5.74) is 4.18. The normalized spacial score (nSPS) is 24.2. The fraction of sp³-hybridized carbons (Fsp3) is 0.578. The minimum Gasteiger partial charge on any atom is -0.392 e. The van der Waals surface area contributed by atoms with E-state index in [1.54, 1.807) is 0 Å². The van der Waals surface area contributed by atoms with Crippen LogP contribution in [0.2, 0.25) is 0 Å². The van der Waals surface area contributed by atoms with Crippen molar-refractivity contribution < 1.29 is 30.3 Å². The van der Waals surface area contributed by atoms with Crippen LogP contribution in [0.4, 0.5) is 0 Å². The average molecular weight is 856 g/mol. The van der Waals surface area contributed by atoms with E-state index < -0.39 is 0 Å². The van der Waals surface area contributed by atoms with Crippen LogP contribution in [0.3, 0.4) is 0 Å². The van der Waals surface area contributed by atoms with Crippen LogP contribution >= 0.6 is 0 Å². The molecule has 50 heavy (non-hydrogen) atoms. The molecular formula is C45H63IrN2O2-. The van der Waals surface area contributed by atoms with Gasteiger partial charge in [-0.15, -0.1) is 23.6 Å². The molecule has 275 valence electrons. The third-order valence-corrected chi connectivity index (χ3v) is 12.0. The van der Waals surface area contributed by atoms with Gasteiger partial charge in [0.15, 0.2) is 0 Å². The van der Waals surface area contributed by atoms with Crippen LogP contribution in [0.5, 0.6) is 0 Å². The van der Waals surface area contributed by atoms with Gasteiger partial charge in [0.25, 0.3) is 0 Å². The van der Waals surface area contributed by atoms with E-state index in [1.807, 2.05) is 48.7 Å². The zero-order valence-corrected chi connectivity index (χ0v) is 34.2. The fourth-order valence-corrected chi connectivity index (χ4v) is 10.4. The van der Waals surface area contributed by atoms with Crippen molar-refractivity contribution in [1.82, 2.24) is 9.55 Å². The number of aromatic nitrogens is 2. The van der Waals surface area contributed by atoms with Crippen LogP contribution in [-0.4, -0.2) is 32.0 Å². The Morgan fingerprint density at radius 1 is 0.640 bits per heavy atom. The molecule has 4 unspecified atom stereocenters. The summed E-state index contributed by atoms with van der Waals surface area (Å²) in [5.74, 6) is 4.62. The quantitative estimate of drug-likeness (QED) is 0.174. The first-order valence-corrected chi connectivity index (χ1v) is 19.4. The molecule has 0 spiro atoms. The average Bonchev–Trinajstić information content (AvgIpc) is 3.30. The van der Waals surface area contributed by atoms with Crippen molar-refractivity contribution in [2.45, 2.75) is 106 Å². The van der Waals surface area contributed by atoms with E-state index in [1.165, 1.54) is 25.7 Å². The Bertz CT molecular complexity index is 1510. The van der Waals surface area contributed by atoms with Crippen molar-refractivity contribution in [3.8, 4) is 17.1 Å². The smallest absolute Gasteiger partial charge is 0.0626 e. The molecule has 0 amide bonds. The van der Waals surface area contributed by atoms with Gasteiger partial charge in [0.05, 0.1) is 12.2 Å². The van der Waals surface area contributed by atoms with E-state index in [0.29, 0.717) is 53.3 Å². The number of benzene rings is 2. The molecule has 2 aromatic heterocycles. The van der Waals surface area contributed by atoms with Gasteiger partial charge in [0, 0.05) is 43.6 Å². The van der Waals surface area contributed by atoms with Crippen LogP contribution in [0.1, 0.15) is 93.9 Å². The van der Waals surface area contributed by atoms with Crippen LogP contribution in [-0.2, 0) is 20.1 Å². The molecule has 2 aromatic carbocycles. The Morgan fingerprint density at radius 3 is 1.64 bits per heavy atom. The van der Waals surface area contributed by atoms with Gasteiger partial charge in [0.1, 0.15) is 0 Å². The maximum Gasteiger partial charge on any atom is 0.0626 e. The number of hydrogen-bond acceptors (Lipinski definition) is 3. The van der Waals surface area contributed by atoms with E-state index >= 15 is 0 Å². The molecule has 0 saturated heterocycles. The maximum absolute atomic E-state index is 11.7. The summed E-state index contributed by atoms with van der Waals surface area (Å²) in [7, 11) is 0. The molecule has 0 aliphatic heterocycles. The number of nitrogens with zero attached hydrogens (tertiary/aromatic N) is 2.